The molecule has 4 heteroatoms. The Morgan fingerprint density at radius 3 is 2.57 bits per heavy atom. The molecule has 1 N–H and O–H groups in total. The molecule has 1 rings (SSSR count). The van der Waals surface area contributed by atoms with E-state index in [1.807, 2.05) is 0 Å². The van der Waals surface area contributed by atoms with Crippen molar-refractivity contribution < 1.29 is 14.1 Å². The van der Waals surface area contributed by atoms with Gasteiger partial charge in [-0.2, -0.15) is 0 Å². The molecule has 0 bridgehead atoms. The third-order valence-electron chi connectivity index (χ3n) is 2.75. The summed E-state index contributed by atoms with van der Waals surface area (Å²) >= 11 is 0. The number of carboxylic acids is 1. The molecule has 0 aliphatic heterocycles. The minimum absolute atomic E-state index is 0.311. The standard InChI is InChI=1S/C10H18O3S/c1-8(10(11)12)6-14(13)7-9-4-2-3-5-9/h8-9H,2-7H2,1H3,(H,11,12). The van der Waals surface area contributed by atoms with Gasteiger partial charge < -0.3 is 5.11 Å². The van der Waals surface area contributed by atoms with Gasteiger partial charge in [-0.1, -0.05) is 19.8 Å². The summed E-state index contributed by atoms with van der Waals surface area (Å²) in [6, 6.07) is 0. The Labute approximate surface area is 87.3 Å². The van der Waals surface area contributed by atoms with Crippen molar-refractivity contribution in [2.75, 3.05) is 11.5 Å². The topological polar surface area (TPSA) is 54.4 Å². The zero-order chi connectivity index (χ0) is 10.6. The van der Waals surface area contributed by atoms with Gasteiger partial charge in [0.2, 0.25) is 0 Å². The number of hydrogen-bond donors (Lipinski definition) is 1. The quantitative estimate of drug-likeness (QED) is 0.763. The van der Waals surface area contributed by atoms with Gasteiger partial charge in [-0.3, -0.25) is 9.00 Å². The highest BCUT2D eigenvalue weighted by Gasteiger charge is 2.20. The van der Waals surface area contributed by atoms with Gasteiger partial charge in [0, 0.05) is 22.3 Å². The van der Waals surface area contributed by atoms with E-state index in [-0.39, 0.29) is 0 Å². The second-order valence-electron chi connectivity index (χ2n) is 4.16. The fourth-order valence-electron chi connectivity index (χ4n) is 1.86. The summed E-state index contributed by atoms with van der Waals surface area (Å²) in [6.07, 6.45) is 4.84. The number of aliphatic carboxylic acids is 1. The van der Waals surface area contributed by atoms with Crippen LogP contribution in [0.2, 0.25) is 0 Å². The van der Waals surface area contributed by atoms with Crippen molar-refractivity contribution in [1.29, 1.82) is 0 Å². The van der Waals surface area contributed by atoms with Crippen LogP contribution in [0.15, 0.2) is 0 Å². The molecule has 2 unspecified atom stereocenters. The maximum absolute atomic E-state index is 11.6. The number of hydrogen-bond acceptors (Lipinski definition) is 2. The number of rotatable bonds is 5. The average Bonchev–Trinajstić information content (AvgIpc) is 2.56. The molecule has 3 nitrogen and oxygen atoms in total. The van der Waals surface area contributed by atoms with E-state index in [4.69, 9.17) is 5.11 Å². The third-order valence-corrected chi connectivity index (χ3v) is 4.47. The van der Waals surface area contributed by atoms with Crippen molar-refractivity contribution in [3.63, 3.8) is 0 Å². The van der Waals surface area contributed by atoms with Gasteiger partial charge in [0.25, 0.3) is 0 Å². The zero-order valence-corrected chi connectivity index (χ0v) is 9.39. The van der Waals surface area contributed by atoms with E-state index >= 15 is 0 Å². The van der Waals surface area contributed by atoms with Crippen LogP contribution >= 0.6 is 0 Å². The summed E-state index contributed by atoms with van der Waals surface area (Å²) in [5.41, 5.74) is 0. The highest BCUT2D eigenvalue weighted by atomic mass is 32.2. The molecule has 0 saturated heterocycles. The molecule has 0 aromatic carbocycles. The second kappa shape index (κ2) is 5.49. The molecule has 0 aromatic heterocycles. The fraction of sp³-hybridized carbons (Fsp3) is 0.900. The van der Waals surface area contributed by atoms with E-state index in [0.29, 0.717) is 17.4 Å². The Hall–Kier alpha value is -0.380. The van der Waals surface area contributed by atoms with Crippen molar-refractivity contribution in [2.24, 2.45) is 11.8 Å². The Kier molecular flexibility index (Phi) is 4.58. The molecule has 1 fully saturated rings. The number of carboxylic acid groups (broad SMARTS) is 1. The van der Waals surface area contributed by atoms with Gasteiger partial charge in [0.15, 0.2) is 0 Å². The highest BCUT2D eigenvalue weighted by Crippen LogP contribution is 2.25. The van der Waals surface area contributed by atoms with Crippen LogP contribution in [0.1, 0.15) is 32.6 Å². The van der Waals surface area contributed by atoms with E-state index in [0.717, 1.165) is 0 Å². The van der Waals surface area contributed by atoms with Crippen LogP contribution in [-0.2, 0) is 15.6 Å². The normalized spacial score (nSPS) is 22.1. The predicted molar refractivity (Wildman–Crippen MR) is 56.6 cm³/mol. The molecular formula is C10H18O3S. The van der Waals surface area contributed by atoms with Crippen LogP contribution in [0.3, 0.4) is 0 Å². The molecule has 0 radical (unpaired) electrons. The lowest BCUT2D eigenvalue weighted by Crippen LogP contribution is -2.20. The Morgan fingerprint density at radius 1 is 1.50 bits per heavy atom. The van der Waals surface area contributed by atoms with Crippen molar-refractivity contribution in [3.8, 4) is 0 Å². The van der Waals surface area contributed by atoms with Gasteiger partial charge in [-0.25, -0.2) is 0 Å². The third kappa shape index (κ3) is 3.78. The smallest absolute Gasteiger partial charge is 0.307 e. The van der Waals surface area contributed by atoms with Gasteiger partial charge in [-0.05, 0) is 18.8 Å². The molecule has 0 heterocycles. The van der Waals surface area contributed by atoms with Gasteiger partial charge >= 0.3 is 5.97 Å². The van der Waals surface area contributed by atoms with Crippen LogP contribution in [0.5, 0.6) is 0 Å². The summed E-state index contributed by atoms with van der Waals surface area (Å²) < 4.78 is 11.6. The monoisotopic (exact) mass is 218 g/mol. The Morgan fingerprint density at radius 2 is 2.07 bits per heavy atom. The fourth-order valence-corrected chi connectivity index (χ4v) is 3.55. The summed E-state index contributed by atoms with van der Waals surface area (Å²) in [5, 5.41) is 8.66. The van der Waals surface area contributed by atoms with Crippen LogP contribution in [0.4, 0.5) is 0 Å². The summed E-state index contributed by atoms with van der Waals surface area (Å²) in [5.74, 6) is 0.280. The van der Waals surface area contributed by atoms with Crippen molar-refractivity contribution in [1.82, 2.24) is 0 Å². The van der Waals surface area contributed by atoms with E-state index in [2.05, 4.69) is 0 Å². The Bertz CT molecular complexity index is 221. The molecule has 1 aliphatic carbocycles. The first-order chi connectivity index (χ1) is 6.59. The van der Waals surface area contributed by atoms with Crippen molar-refractivity contribution in [2.45, 2.75) is 32.6 Å². The minimum Gasteiger partial charge on any atom is -0.481 e. The number of carbonyl (C=O) groups is 1. The molecule has 0 spiro atoms. The van der Waals surface area contributed by atoms with Crippen molar-refractivity contribution >= 4 is 16.8 Å². The molecule has 1 aliphatic rings. The zero-order valence-electron chi connectivity index (χ0n) is 8.57. The second-order valence-corrected chi connectivity index (χ2v) is 5.71. The molecule has 1 saturated carbocycles. The molecule has 82 valence electrons. The molecule has 0 aromatic rings. The molecule has 14 heavy (non-hydrogen) atoms. The predicted octanol–water partition coefficient (Wildman–Crippen LogP) is 1.65. The van der Waals surface area contributed by atoms with Gasteiger partial charge in [-0.15, -0.1) is 0 Å². The van der Waals surface area contributed by atoms with E-state index < -0.39 is 22.7 Å². The largest absolute Gasteiger partial charge is 0.481 e. The summed E-state index contributed by atoms with van der Waals surface area (Å²) in [4.78, 5) is 10.5. The van der Waals surface area contributed by atoms with E-state index in [1.54, 1.807) is 6.92 Å². The maximum atomic E-state index is 11.6. The maximum Gasteiger partial charge on any atom is 0.307 e. The Balaban J connectivity index is 2.24. The summed E-state index contributed by atoms with van der Waals surface area (Å²) in [6.45, 7) is 1.62. The molecule has 0 amide bonds. The lowest BCUT2D eigenvalue weighted by Gasteiger charge is -2.10. The van der Waals surface area contributed by atoms with Crippen LogP contribution in [0.25, 0.3) is 0 Å². The average molecular weight is 218 g/mol. The first-order valence-corrected chi connectivity index (χ1v) is 6.66. The van der Waals surface area contributed by atoms with Crippen LogP contribution in [0, 0.1) is 11.8 Å². The molecule has 2 atom stereocenters. The minimum atomic E-state index is -0.941. The molecular weight excluding hydrogens is 200 g/mol. The lowest BCUT2D eigenvalue weighted by molar-refractivity contribution is -0.140. The summed E-state index contributed by atoms with van der Waals surface area (Å²) in [7, 11) is -0.941. The van der Waals surface area contributed by atoms with E-state index in [9.17, 15) is 9.00 Å². The lowest BCUT2D eigenvalue weighted by atomic mass is 10.1. The van der Waals surface area contributed by atoms with Crippen molar-refractivity contribution in [3.05, 3.63) is 0 Å². The van der Waals surface area contributed by atoms with Crippen LogP contribution < -0.4 is 0 Å². The first kappa shape index (κ1) is 11.7. The first-order valence-electron chi connectivity index (χ1n) is 5.17. The van der Waals surface area contributed by atoms with Gasteiger partial charge in [0.1, 0.15) is 0 Å². The SMILES string of the molecule is CC(CS(=O)CC1CCCC1)C(=O)O. The van der Waals surface area contributed by atoms with E-state index in [1.165, 1.54) is 25.7 Å². The van der Waals surface area contributed by atoms with Crippen LogP contribution in [-0.4, -0.2) is 26.8 Å². The van der Waals surface area contributed by atoms with Gasteiger partial charge in [0.05, 0.1) is 5.92 Å². The highest BCUT2D eigenvalue weighted by molar-refractivity contribution is 7.85.